The molecule has 1 amide bonds. The maximum absolute atomic E-state index is 11.9. The molecule has 0 aliphatic carbocycles. The van der Waals surface area contributed by atoms with Crippen LogP contribution in [-0.2, 0) is 7.05 Å². The van der Waals surface area contributed by atoms with Gasteiger partial charge in [-0.05, 0) is 24.6 Å². The average Bonchev–Trinajstić information content (AvgIpc) is 3.06. The van der Waals surface area contributed by atoms with E-state index in [2.05, 4.69) is 25.7 Å². The lowest BCUT2D eigenvalue weighted by Crippen LogP contribution is -2.23. The predicted octanol–water partition coefficient (Wildman–Crippen LogP) is 2.18. The third-order valence-electron chi connectivity index (χ3n) is 3.67. The van der Waals surface area contributed by atoms with Crippen LogP contribution in [0, 0.1) is 18.3 Å². The summed E-state index contributed by atoms with van der Waals surface area (Å²) in [6.45, 7) is 1.90. The van der Waals surface area contributed by atoms with E-state index in [1.54, 1.807) is 23.0 Å². The Morgan fingerprint density at radius 1 is 1.27 bits per heavy atom. The number of hydrogen-bond donors (Lipinski definition) is 2. The number of aromatic nitrogens is 4. The van der Waals surface area contributed by atoms with Gasteiger partial charge in [0.1, 0.15) is 6.54 Å². The molecule has 2 heterocycles. The highest BCUT2D eigenvalue weighted by molar-refractivity contribution is 5.94. The number of nitrogens with zero attached hydrogens (tertiary/aromatic N) is 5. The Hall–Kier alpha value is -3.73. The molecule has 0 unspecified atom stereocenters. The van der Waals surface area contributed by atoms with Gasteiger partial charge in [-0.3, -0.25) is 9.48 Å². The van der Waals surface area contributed by atoms with Gasteiger partial charge in [0, 0.05) is 36.6 Å². The number of amides is 1. The molecular formula is C18H17N7O. The summed E-state index contributed by atoms with van der Waals surface area (Å²) in [5.74, 6) is 0.821. The Morgan fingerprint density at radius 2 is 2.04 bits per heavy atom. The molecule has 3 aromatic rings. The highest BCUT2D eigenvalue weighted by Crippen LogP contribution is 2.23. The van der Waals surface area contributed by atoms with Crippen LogP contribution in [0.2, 0.25) is 0 Å². The zero-order valence-electron chi connectivity index (χ0n) is 14.4. The SMILES string of the molecule is Cc1cnc(Nc2ccn(C)n2)nc1-c1ccc(C(=O)NCC#N)cc1. The van der Waals surface area contributed by atoms with Crippen LogP contribution in [0.25, 0.3) is 11.3 Å². The van der Waals surface area contributed by atoms with Crippen LogP contribution >= 0.6 is 0 Å². The van der Waals surface area contributed by atoms with Crippen LogP contribution in [0.15, 0.2) is 42.7 Å². The van der Waals surface area contributed by atoms with Gasteiger partial charge in [-0.15, -0.1) is 0 Å². The molecule has 0 fully saturated rings. The fourth-order valence-corrected chi connectivity index (χ4v) is 2.39. The lowest BCUT2D eigenvalue weighted by molar-refractivity contribution is 0.0958. The van der Waals surface area contributed by atoms with Crippen LogP contribution in [0.1, 0.15) is 15.9 Å². The van der Waals surface area contributed by atoms with E-state index < -0.39 is 0 Å². The van der Waals surface area contributed by atoms with Gasteiger partial charge in [-0.25, -0.2) is 9.97 Å². The van der Waals surface area contributed by atoms with Gasteiger partial charge in [-0.2, -0.15) is 10.4 Å². The molecule has 0 saturated carbocycles. The number of nitriles is 1. The fourth-order valence-electron chi connectivity index (χ4n) is 2.39. The number of aryl methyl sites for hydroxylation is 2. The summed E-state index contributed by atoms with van der Waals surface area (Å²) in [7, 11) is 1.83. The van der Waals surface area contributed by atoms with Crippen LogP contribution in [0.3, 0.4) is 0 Å². The molecule has 0 radical (unpaired) electrons. The first-order chi connectivity index (χ1) is 12.6. The van der Waals surface area contributed by atoms with Gasteiger partial charge in [-0.1, -0.05) is 12.1 Å². The summed E-state index contributed by atoms with van der Waals surface area (Å²) in [4.78, 5) is 20.7. The van der Waals surface area contributed by atoms with Gasteiger partial charge >= 0.3 is 0 Å². The molecule has 0 spiro atoms. The van der Waals surface area contributed by atoms with Crippen LogP contribution < -0.4 is 10.6 Å². The lowest BCUT2D eigenvalue weighted by atomic mass is 10.1. The highest BCUT2D eigenvalue weighted by Gasteiger charge is 2.10. The van der Waals surface area contributed by atoms with Crippen molar-refractivity contribution in [3.8, 4) is 17.3 Å². The van der Waals surface area contributed by atoms with Gasteiger partial charge in [0.2, 0.25) is 5.95 Å². The summed E-state index contributed by atoms with van der Waals surface area (Å²) in [6, 6.07) is 10.8. The van der Waals surface area contributed by atoms with Crippen molar-refractivity contribution in [3.63, 3.8) is 0 Å². The Kier molecular flexibility index (Phi) is 4.90. The summed E-state index contributed by atoms with van der Waals surface area (Å²) >= 11 is 0. The molecule has 0 aliphatic heterocycles. The minimum Gasteiger partial charge on any atom is -0.339 e. The van der Waals surface area contributed by atoms with E-state index in [0.29, 0.717) is 17.3 Å². The summed E-state index contributed by atoms with van der Waals surface area (Å²) in [5.41, 5.74) is 3.04. The monoisotopic (exact) mass is 347 g/mol. The standard InChI is InChI=1S/C18H17N7O/c1-12-11-21-18(22-15-7-10-25(2)24-15)23-16(12)13-3-5-14(6-4-13)17(26)20-9-8-19/h3-7,10-11H,9H2,1-2H3,(H,20,26)(H,21,22,23,24). The van der Waals surface area contributed by atoms with Crippen molar-refractivity contribution in [2.45, 2.75) is 6.92 Å². The molecule has 2 N–H and O–H groups in total. The molecule has 0 atom stereocenters. The first kappa shape index (κ1) is 17.1. The Morgan fingerprint density at radius 3 is 2.69 bits per heavy atom. The second kappa shape index (κ2) is 7.44. The zero-order chi connectivity index (χ0) is 18.5. The Labute approximate surface area is 150 Å². The van der Waals surface area contributed by atoms with Gasteiger partial charge < -0.3 is 10.6 Å². The van der Waals surface area contributed by atoms with Crippen molar-refractivity contribution >= 4 is 17.7 Å². The van der Waals surface area contributed by atoms with E-state index >= 15 is 0 Å². The van der Waals surface area contributed by atoms with Crippen molar-refractivity contribution in [2.24, 2.45) is 7.05 Å². The van der Waals surface area contributed by atoms with Crippen molar-refractivity contribution in [1.82, 2.24) is 25.1 Å². The maximum Gasteiger partial charge on any atom is 0.252 e. The van der Waals surface area contributed by atoms with Gasteiger partial charge in [0.25, 0.3) is 5.91 Å². The van der Waals surface area contributed by atoms with Crippen LogP contribution in [0.4, 0.5) is 11.8 Å². The van der Waals surface area contributed by atoms with Crippen LogP contribution in [0.5, 0.6) is 0 Å². The number of carbonyl (C=O) groups excluding carboxylic acids is 1. The number of rotatable bonds is 5. The molecule has 0 bridgehead atoms. The first-order valence-corrected chi connectivity index (χ1v) is 7.92. The van der Waals surface area contributed by atoms with Gasteiger partial charge in [0.05, 0.1) is 11.8 Å². The van der Waals surface area contributed by atoms with E-state index in [4.69, 9.17) is 5.26 Å². The van der Waals surface area contributed by atoms with E-state index in [-0.39, 0.29) is 12.5 Å². The predicted molar refractivity (Wildman–Crippen MR) is 96.6 cm³/mol. The molecule has 130 valence electrons. The molecule has 1 aromatic carbocycles. The van der Waals surface area contributed by atoms with E-state index in [1.165, 1.54) is 0 Å². The van der Waals surface area contributed by atoms with Crippen molar-refractivity contribution in [1.29, 1.82) is 5.26 Å². The lowest BCUT2D eigenvalue weighted by Gasteiger charge is -2.09. The smallest absolute Gasteiger partial charge is 0.252 e. The largest absolute Gasteiger partial charge is 0.339 e. The summed E-state index contributed by atoms with van der Waals surface area (Å²) in [6.07, 6.45) is 3.56. The normalized spacial score (nSPS) is 10.2. The zero-order valence-corrected chi connectivity index (χ0v) is 14.4. The number of anilines is 2. The van der Waals surface area contributed by atoms with Gasteiger partial charge in [0.15, 0.2) is 5.82 Å². The first-order valence-electron chi connectivity index (χ1n) is 7.92. The molecule has 8 nitrogen and oxygen atoms in total. The van der Waals surface area contributed by atoms with Crippen molar-refractivity contribution in [2.75, 3.05) is 11.9 Å². The minimum absolute atomic E-state index is 0.0197. The second-order valence-electron chi connectivity index (χ2n) is 5.64. The molecule has 26 heavy (non-hydrogen) atoms. The Balaban J connectivity index is 1.83. The molecule has 0 saturated heterocycles. The molecule has 3 rings (SSSR count). The maximum atomic E-state index is 11.9. The number of carbonyl (C=O) groups is 1. The molecular weight excluding hydrogens is 330 g/mol. The Bertz CT molecular complexity index is 970. The molecule has 2 aromatic heterocycles. The third kappa shape index (κ3) is 3.84. The van der Waals surface area contributed by atoms with Crippen molar-refractivity contribution in [3.05, 3.63) is 53.9 Å². The average molecular weight is 347 g/mol. The van der Waals surface area contributed by atoms with E-state index in [1.807, 2.05) is 44.4 Å². The van der Waals surface area contributed by atoms with E-state index in [0.717, 1.165) is 16.8 Å². The summed E-state index contributed by atoms with van der Waals surface area (Å²) in [5, 5.41) is 18.4. The second-order valence-corrected chi connectivity index (χ2v) is 5.64. The summed E-state index contributed by atoms with van der Waals surface area (Å²) < 4.78 is 1.69. The number of benzene rings is 1. The quantitative estimate of drug-likeness (QED) is 0.685. The topological polar surface area (TPSA) is 109 Å². The van der Waals surface area contributed by atoms with Crippen LogP contribution in [-0.4, -0.2) is 32.2 Å². The molecule has 0 aliphatic rings. The minimum atomic E-state index is -0.282. The number of hydrogen-bond acceptors (Lipinski definition) is 6. The highest BCUT2D eigenvalue weighted by atomic mass is 16.1. The van der Waals surface area contributed by atoms with E-state index in [9.17, 15) is 4.79 Å². The molecule has 8 heteroatoms. The fraction of sp³-hybridized carbons (Fsp3) is 0.167. The van der Waals surface area contributed by atoms with Crippen molar-refractivity contribution < 1.29 is 4.79 Å². The number of nitrogens with one attached hydrogen (secondary N) is 2. The third-order valence-corrected chi connectivity index (χ3v) is 3.67.